The van der Waals surface area contributed by atoms with Gasteiger partial charge in [-0.2, -0.15) is 0 Å². The van der Waals surface area contributed by atoms with Crippen LogP contribution in [0, 0.1) is 11.3 Å². The number of carbonyl (C=O) groups is 2. The van der Waals surface area contributed by atoms with Crippen molar-refractivity contribution >= 4 is 11.8 Å². The zero-order valence-electron chi connectivity index (χ0n) is 16.0. The van der Waals surface area contributed by atoms with Crippen molar-refractivity contribution in [3.63, 3.8) is 0 Å². The van der Waals surface area contributed by atoms with Crippen molar-refractivity contribution in [1.29, 1.82) is 0 Å². The average molecular weight is 357 g/mol. The van der Waals surface area contributed by atoms with Crippen LogP contribution in [0.4, 0.5) is 0 Å². The number of carbonyl (C=O) groups excluding carboxylic acids is 2. The average Bonchev–Trinajstić information content (AvgIpc) is 2.93. The lowest BCUT2D eigenvalue weighted by Crippen LogP contribution is -2.34. The van der Waals surface area contributed by atoms with Gasteiger partial charge in [0.15, 0.2) is 0 Å². The van der Waals surface area contributed by atoms with Crippen molar-refractivity contribution in [3.05, 3.63) is 35.9 Å². The first-order valence-electron chi connectivity index (χ1n) is 10.1. The fraction of sp³-hybridized carbons (Fsp3) is 0.636. The van der Waals surface area contributed by atoms with Crippen molar-refractivity contribution in [2.45, 2.75) is 77.3 Å². The molecule has 142 valence electrons. The zero-order chi connectivity index (χ0) is 18.6. The van der Waals surface area contributed by atoms with Crippen molar-refractivity contribution < 1.29 is 9.59 Å². The van der Waals surface area contributed by atoms with E-state index in [4.69, 9.17) is 5.73 Å². The maximum atomic E-state index is 12.3. The maximum Gasteiger partial charge on any atom is 0.223 e. The van der Waals surface area contributed by atoms with Crippen LogP contribution < -0.4 is 5.73 Å². The van der Waals surface area contributed by atoms with Crippen LogP contribution in [-0.4, -0.2) is 22.8 Å². The largest absolute Gasteiger partial charge is 0.370 e. The molecule has 0 radical (unpaired) electrons. The molecule has 1 saturated heterocycles. The molecule has 0 spiro atoms. The van der Waals surface area contributed by atoms with Gasteiger partial charge >= 0.3 is 0 Å². The highest BCUT2D eigenvalue weighted by atomic mass is 16.2. The van der Waals surface area contributed by atoms with Gasteiger partial charge in [0.1, 0.15) is 0 Å². The second-order valence-electron chi connectivity index (χ2n) is 8.69. The molecular formula is C22H32N2O2. The van der Waals surface area contributed by atoms with Gasteiger partial charge in [0.05, 0.1) is 0 Å². The Morgan fingerprint density at radius 3 is 2.73 bits per heavy atom. The lowest BCUT2D eigenvalue weighted by atomic mass is 9.68. The summed E-state index contributed by atoms with van der Waals surface area (Å²) < 4.78 is 0. The summed E-state index contributed by atoms with van der Waals surface area (Å²) in [5, 5.41) is 0. The van der Waals surface area contributed by atoms with E-state index in [2.05, 4.69) is 24.0 Å². The Morgan fingerprint density at radius 2 is 2.00 bits per heavy atom. The van der Waals surface area contributed by atoms with Crippen LogP contribution in [0.1, 0.15) is 70.3 Å². The molecule has 4 nitrogen and oxygen atoms in total. The predicted octanol–water partition coefficient (Wildman–Crippen LogP) is 4.03. The Balaban J connectivity index is 1.54. The van der Waals surface area contributed by atoms with Crippen LogP contribution in [0.25, 0.3) is 0 Å². The summed E-state index contributed by atoms with van der Waals surface area (Å²) in [7, 11) is 0. The van der Waals surface area contributed by atoms with Gasteiger partial charge in [0.25, 0.3) is 0 Å². The molecular weight excluding hydrogens is 324 g/mol. The quantitative estimate of drug-likeness (QED) is 0.802. The van der Waals surface area contributed by atoms with E-state index in [0.717, 1.165) is 38.6 Å². The van der Waals surface area contributed by atoms with Crippen molar-refractivity contribution in [3.8, 4) is 0 Å². The molecule has 1 aromatic carbocycles. The van der Waals surface area contributed by atoms with Crippen LogP contribution in [-0.2, 0) is 16.1 Å². The standard InChI is InChI=1S/C22H32N2O2/c1-22(15-20(23)25)13-5-8-17(14-22)9-10-19-11-12-21(26)24(19)16-18-6-3-2-4-7-18/h2-4,6-7,17,19H,5,8-16H2,1H3,(H2,23,25). The number of likely N-dealkylation sites (tertiary alicyclic amines) is 1. The Morgan fingerprint density at radius 1 is 1.23 bits per heavy atom. The number of primary amides is 1. The number of benzene rings is 1. The number of rotatable bonds is 7. The summed E-state index contributed by atoms with van der Waals surface area (Å²) in [4.78, 5) is 25.8. The topological polar surface area (TPSA) is 63.4 Å². The molecule has 26 heavy (non-hydrogen) atoms. The van der Waals surface area contributed by atoms with E-state index in [1.54, 1.807) is 0 Å². The van der Waals surface area contributed by atoms with E-state index in [9.17, 15) is 9.59 Å². The minimum absolute atomic E-state index is 0.0734. The van der Waals surface area contributed by atoms with Gasteiger partial charge in [-0.25, -0.2) is 0 Å². The van der Waals surface area contributed by atoms with Crippen LogP contribution in [0.3, 0.4) is 0 Å². The lowest BCUT2D eigenvalue weighted by molar-refractivity contribution is -0.129. The van der Waals surface area contributed by atoms with Gasteiger partial charge in [-0.1, -0.05) is 50.1 Å². The van der Waals surface area contributed by atoms with E-state index in [1.807, 2.05) is 18.2 Å². The van der Waals surface area contributed by atoms with Gasteiger partial charge in [-0.3, -0.25) is 9.59 Å². The molecule has 1 heterocycles. The van der Waals surface area contributed by atoms with Gasteiger partial charge in [0.2, 0.25) is 11.8 Å². The number of hydrogen-bond donors (Lipinski definition) is 1. The summed E-state index contributed by atoms with van der Waals surface area (Å²) in [6.07, 6.45) is 9.03. The Bertz CT molecular complexity index is 630. The minimum atomic E-state index is -0.177. The van der Waals surface area contributed by atoms with Crippen LogP contribution in [0.5, 0.6) is 0 Å². The third-order valence-corrected chi connectivity index (χ3v) is 6.33. The molecule has 2 fully saturated rings. The smallest absolute Gasteiger partial charge is 0.223 e. The third kappa shape index (κ3) is 4.87. The maximum absolute atomic E-state index is 12.3. The van der Waals surface area contributed by atoms with Crippen molar-refractivity contribution in [2.24, 2.45) is 17.1 Å². The first-order chi connectivity index (χ1) is 12.5. The van der Waals surface area contributed by atoms with E-state index in [-0.39, 0.29) is 11.3 Å². The van der Waals surface area contributed by atoms with Gasteiger partial charge in [-0.15, -0.1) is 0 Å². The number of amides is 2. The molecule has 4 heteroatoms. The molecule has 3 rings (SSSR count). The molecule has 3 atom stereocenters. The Labute approximate surface area is 157 Å². The normalized spacial score (nSPS) is 29.1. The molecule has 1 saturated carbocycles. The number of nitrogens with zero attached hydrogens (tertiary/aromatic N) is 1. The minimum Gasteiger partial charge on any atom is -0.370 e. The molecule has 2 amide bonds. The van der Waals surface area contributed by atoms with Gasteiger partial charge in [0, 0.05) is 25.4 Å². The first-order valence-corrected chi connectivity index (χ1v) is 10.1. The lowest BCUT2D eigenvalue weighted by Gasteiger charge is -2.38. The van der Waals surface area contributed by atoms with Crippen LogP contribution in [0.2, 0.25) is 0 Å². The zero-order valence-corrected chi connectivity index (χ0v) is 16.0. The molecule has 2 N–H and O–H groups in total. The molecule has 1 aromatic rings. The van der Waals surface area contributed by atoms with Crippen LogP contribution in [0.15, 0.2) is 30.3 Å². The Hall–Kier alpha value is -1.84. The molecule has 2 aliphatic rings. The highest BCUT2D eigenvalue weighted by Gasteiger charge is 2.35. The van der Waals surface area contributed by atoms with Gasteiger partial charge in [-0.05, 0) is 49.0 Å². The molecule has 3 unspecified atom stereocenters. The fourth-order valence-electron chi connectivity index (χ4n) is 5.06. The van der Waals surface area contributed by atoms with Crippen molar-refractivity contribution in [1.82, 2.24) is 4.90 Å². The highest BCUT2D eigenvalue weighted by molar-refractivity contribution is 5.78. The van der Waals surface area contributed by atoms with Gasteiger partial charge < -0.3 is 10.6 Å². The van der Waals surface area contributed by atoms with Crippen LogP contribution >= 0.6 is 0 Å². The van der Waals surface area contributed by atoms with E-state index < -0.39 is 0 Å². The fourth-order valence-corrected chi connectivity index (χ4v) is 5.06. The summed E-state index contributed by atoms with van der Waals surface area (Å²) in [6, 6.07) is 10.6. The molecule has 1 aliphatic heterocycles. The summed E-state index contributed by atoms with van der Waals surface area (Å²) >= 11 is 0. The van der Waals surface area contributed by atoms with E-state index in [0.29, 0.717) is 30.7 Å². The summed E-state index contributed by atoms with van der Waals surface area (Å²) in [5.74, 6) is 0.770. The first kappa shape index (κ1) is 18.9. The third-order valence-electron chi connectivity index (χ3n) is 6.33. The summed E-state index contributed by atoms with van der Waals surface area (Å²) in [5.41, 5.74) is 6.73. The molecule has 0 bridgehead atoms. The molecule has 0 aromatic heterocycles. The van der Waals surface area contributed by atoms with E-state index in [1.165, 1.54) is 18.4 Å². The second kappa shape index (κ2) is 8.24. The predicted molar refractivity (Wildman–Crippen MR) is 103 cm³/mol. The second-order valence-corrected chi connectivity index (χ2v) is 8.69. The number of hydrogen-bond acceptors (Lipinski definition) is 2. The van der Waals surface area contributed by atoms with E-state index >= 15 is 0 Å². The SMILES string of the molecule is CC1(CC(N)=O)CCCC(CCC2CCC(=O)N2Cc2ccccc2)C1. The number of nitrogens with two attached hydrogens (primary N) is 1. The summed E-state index contributed by atoms with van der Waals surface area (Å²) in [6.45, 7) is 2.94. The highest BCUT2D eigenvalue weighted by Crippen LogP contribution is 2.43. The van der Waals surface area contributed by atoms with Crippen molar-refractivity contribution in [2.75, 3.05) is 0 Å². The Kier molecular flexibility index (Phi) is 6.00. The monoisotopic (exact) mass is 356 g/mol. The molecule has 1 aliphatic carbocycles.